The Labute approximate surface area is 138 Å². The number of benzene rings is 2. The molecule has 116 valence electrons. The largest absolute Gasteiger partial charge is 0.457 e. The van der Waals surface area contributed by atoms with Crippen LogP contribution in [-0.2, 0) is 0 Å². The number of hydrogen-bond donors (Lipinski definition) is 0. The summed E-state index contributed by atoms with van der Waals surface area (Å²) >= 11 is 5.86. The van der Waals surface area contributed by atoms with Gasteiger partial charge in [-0.1, -0.05) is 49.7 Å². The molecule has 0 unspecified atom stereocenters. The van der Waals surface area contributed by atoms with Gasteiger partial charge in [0.2, 0.25) is 0 Å². The molecule has 3 heteroatoms. The lowest BCUT2D eigenvalue weighted by Crippen LogP contribution is -2.22. The summed E-state index contributed by atoms with van der Waals surface area (Å²) in [5, 5.41) is 0.709. The molecule has 2 aromatic carbocycles. The molecule has 0 aliphatic heterocycles. The second-order valence-corrected chi connectivity index (χ2v) is 5.45. The molecule has 0 saturated heterocycles. The van der Waals surface area contributed by atoms with E-state index in [0.717, 1.165) is 31.1 Å². The van der Waals surface area contributed by atoms with Crippen LogP contribution in [0.5, 0.6) is 11.5 Å². The van der Waals surface area contributed by atoms with E-state index in [9.17, 15) is 0 Å². The van der Waals surface area contributed by atoms with Crippen LogP contribution in [-0.4, -0.2) is 24.5 Å². The second kappa shape index (κ2) is 8.62. The zero-order valence-electron chi connectivity index (χ0n) is 13.1. The average molecular weight is 316 g/mol. The molecule has 0 amide bonds. The summed E-state index contributed by atoms with van der Waals surface area (Å²) in [4.78, 5) is 2.37. The summed E-state index contributed by atoms with van der Waals surface area (Å²) < 4.78 is 5.77. The van der Waals surface area contributed by atoms with Crippen LogP contribution in [0, 0.1) is 0 Å². The average Bonchev–Trinajstić information content (AvgIpc) is 2.55. The molecule has 0 atom stereocenters. The minimum atomic E-state index is 0.709. The maximum Gasteiger partial charge on any atom is 0.127 e. The van der Waals surface area contributed by atoms with Gasteiger partial charge in [0.1, 0.15) is 11.5 Å². The quantitative estimate of drug-likeness (QED) is 0.670. The molecular formula is C19H22ClNO. The number of likely N-dealkylation sites (N-methyl/N-ethyl adjacent to an activating group) is 1. The molecule has 0 fully saturated rings. The Morgan fingerprint density at radius 1 is 0.909 bits per heavy atom. The first-order valence-electron chi connectivity index (χ1n) is 7.63. The summed E-state index contributed by atoms with van der Waals surface area (Å²) in [6, 6.07) is 15.4. The van der Waals surface area contributed by atoms with Crippen molar-refractivity contribution in [2.45, 2.75) is 13.8 Å². The minimum Gasteiger partial charge on any atom is -0.457 e. The SMILES string of the molecule is CCN(CC)CC=Cc1ccc(Oc2ccc(Cl)cc2)cc1. The van der Waals surface area contributed by atoms with Gasteiger partial charge in [-0.2, -0.15) is 0 Å². The van der Waals surface area contributed by atoms with E-state index in [1.54, 1.807) is 0 Å². The number of hydrogen-bond acceptors (Lipinski definition) is 2. The number of nitrogens with zero attached hydrogens (tertiary/aromatic N) is 1. The van der Waals surface area contributed by atoms with Crippen LogP contribution in [0.2, 0.25) is 5.02 Å². The van der Waals surface area contributed by atoms with Crippen molar-refractivity contribution in [1.82, 2.24) is 4.90 Å². The van der Waals surface area contributed by atoms with Gasteiger partial charge in [-0.15, -0.1) is 0 Å². The van der Waals surface area contributed by atoms with Gasteiger partial charge >= 0.3 is 0 Å². The monoisotopic (exact) mass is 315 g/mol. The Balaban J connectivity index is 1.92. The molecule has 0 spiro atoms. The minimum absolute atomic E-state index is 0.709. The third-order valence-electron chi connectivity index (χ3n) is 3.50. The van der Waals surface area contributed by atoms with Crippen LogP contribution in [0.3, 0.4) is 0 Å². The molecule has 0 saturated carbocycles. The Bertz CT molecular complexity index is 586. The summed E-state index contributed by atoms with van der Waals surface area (Å²) in [6.07, 6.45) is 4.34. The maximum atomic E-state index is 5.86. The fourth-order valence-electron chi connectivity index (χ4n) is 2.11. The van der Waals surface area contributed by atoms with Crippen LogP contribution >= 0.6 is 11.6 Å². The van der Waals surface area contributed by atoms with E-state index < -0.39 is 0 Å². The van der Waals surface area contributed by atoms with Crippen molar-refractivity contribution in [3.63, 3.8) is 0 Å². The fourth-order valence-corrected chi connectivity index (χ4v) is 2.23. The predicted octanol–water partition coefficient (Wildman–Crippen LogP) is 5.49. The molecule has 0 bridgehead atoms. The highest BCUT2D eigenvalue weighted by molar-refractivity contribution is 6.30. The van der Waals surface area contributed by atoms with E-state index in [2.05, 4.69) is 43.0 Å². The van der Waals surface area contributed by atoms with Crippen LogP contribution in [0.15, 0.2) is 54.6 Å². The third-order valence-corrected chi connectivity index (χ3v) is 3.75. The summed E-state index contributed by atoms with van der Waals surface area (Å²) in [5.41, 5.74) is 1.18. The van der Waals surface area contributed by atoms with Crippen molar-refractivity contribution in [2.24, 2.45) is 0 Å². The highest BCUT2D eigenvalue weighted by Crippen LogP contribution is 2.23. The Hall–Kier alpha value is -1.77. The van der Waals surface area contributed by atoms with E-state index >= 15 is 0 Å². The lowest BCUT2D eigenvalue weighted by molar-refractivity contribution is 0.338. The van der Waals surface area contributed by atoms with E-state index in [0.29, 0.717) is 5.02 Å². The second-order valence-electron chi connectivity index (χ2n) is 5.01. The summed E-state index contributed by atoms with van der Waals surface area (Å²) in [7, 11) is 0. The first kappa shape index (κ1) is 16.6. The van der Waals surface area contributed by atoms with Crippen LogP contribution in [0.25, 0.3) is 6.08 Å². The van der Waals surface area contributed by atoms with Gasteiger partial charge in [-0.05, 0) is 55.1 Å². The van der Waals surface area contributed by atoms with Crippen molar-refractivity contribution < 1.29 is 4.74 Å². The number of ether oxygens (including phenoxy) is 1. The zero-order chi connectivity index (χ0) is 15.8. The maximum absolute atomic E-state index is 5.86. The molecule has 0 aromatic heterocycles. The normalized spacial score (nSPS) is 11.3. The van der Waals surface area contributed by atoms with Crippen molar-refractivity contribution >= 4 is 17.7 Å². The van der Waals surface area contributed by atoms with Crippen molar-refractivity contribution in [2.75, 3.05) is 19.6 Å². The fraction of sp³-hybridized carbons (Fsp3) is 0.263. The summed E-state index contributed by atoms with van der Waals surface area (Å²) in [6.45, 7) is 7.50. The first-order valence-corrected chi connectivity index (χ1v) is 8.01. The molecule has 0 N–H and O–H groups in total. The molecule has 0 radical (unpaired) electrons. The number of halogens is 1. The van der Waals surface area contributed by atoms with E-state index in [-0.39, 0.29) is 0 Å². The molecule has 0 aliphatic carbocycles. The predicted molar refractivity (Wildman–Crippen MR) is 94.8 cm³/mol. The highest BCUT2D eigenvalue weighted by Gasteiger charge is 1.98. The van der Waals surface area contributed by atoms with Crippen LogP contribution in [0.1, 0.15) is 19.4 Å². The summed E-state index contributed by atoms with van der Waals surface area (Å²) in [5.74, 6) is 1.61. The molecular weight excluding hydrogens is 294 g/mol. The first-order chi connectivity index (χ1) is 10.7. The molecule has 2 aromatic rings. The Morgan fingerprint density at radius 2 is 1.45 bits per heavy atom. The smallest absolute Gasteiger partial charge is 0.127 e. The molecule has 0 aliphatic rings. The van der Waals surface area contributed by atoms with Crippen molar-refractivity contribution in [1.29, 1.82) is 0 Å². The molecule has 22 heavy (non-hydrogen) atoms. The van der Waals surface area contributed by atoms with Gasteiger partial charge < -0.3 is 9.64 Å². The van der Waals surface area contributed by atoms with E-state index in [1.807, 2.05) is 36.4 Å². The topological polar surface area (TPSA) is 12.5 Å². The molecule has 2 rings (SSSR count). The Morgan fingerprint density at radius 3 is 2.00 bits per heavy atom. The van der Waals surface area contributed by atoms with Gasteiger partial charge in [0.25, 0.3) is 0 Å². The molecule has 0 heterocycles. The van der Waals surface area contributed by atoms with E-state index in [1.165, 1.54) is 5.56 Å². The van der Waals surface area contributed by atoms with E-state index in [4.69, 9.17) is 16.3 Å². The standard InChI is InChI=1S/C19H22ClNO/c1-3-21(4-2)15-5-6-16-7-11-18(12-8-16)22-19-13-9-17(20)10-14-19/h5-14H,3-4,15H2,1-2H3. The molecule has 2 nitrogen and oxygen atoms in total. The van der Waals surface area contributed by atoms with Gasteiger partial charge in [-0.25, -0.2) is 0 Å². The van der Waals surface area contributed by atoms with Crippen molar-refractivity contribution in [3.8, 4) is 11.5 Å². The zero-order valence-corrected chi connectivity index (χ0v) is 13.9. The number of rotatable bonds is 7. The van der Waals surface area contributed by atoms with Gasteiger partial charge in [0, 0.05) is 11.6 Å². The van der Waals surface area contributed by atoms with Crippen molar-refractivity contribution in [3.05, 3.63) is 65.2 Å². The highest BCUT2D eigenvalue weighted by atomic mass is 35.5. The van der Waals surface area contributed by atoms with Crippen LogP contribution in [0.4, 0.5) is 0 Å². The lowest BCUT2D eigenvalue weighted by atomic mass is 10.2. The van der Waals surface area contributed by atoms with Gasteiger partial charge in [0.15, 0.2) is 0 Å². The third kappa shape index (κ3) is 5.21. The van der Waals surface area contributed by atoms with Gasteiger partial charge in [0.05, 0.1) is 0 Å². The van der Waals surface area contributed by atoms with Gasteiger partial charge in [-0.3, -0.25) is 0 Å². The Kier molecular flexibility index (Phi) is 6.50. The van der Waals surface area contributed by atoms with Crippen LogP contribution < -0.4 is 4.74 Å². The lowest BCUT2D eigenvalue weighted by Gasteiger charge is -2.14.